The molecule has 0 N–H and O–H groups in total. The number of hydrogen-bond acceptors (Lipinski definition) is 6. The van der Waals surface area contributed by atoms with Gasteiger partial charge in [-0.15, -0.1) is 0 Å². The minimum absolute atomic E-state index is 0.0631. The van der Waals surface area contributed by atoms with E-state index < -0.39 is 0 Å². The van der Waals surface area contributed by atoms with Crippen molar-refractivity contribution in [1.82, 2.24) is 9.91 Å². The molecule has 34 heavy (non-hydrogen) atoms. The van der Waals surface area contributed by atoms with Gasteiger partial charge in [-0.1, -0.05) is 26.0 Å². The molecule has 1 aliphatic heterocycles. The predicted octanol–water partition coefficient (Wildman–Crippen LogP) is 3.51. The largest absolute Gasteiger partial charge is 0.497 e. The first-order chi connectivity index (χ1) is 16.4. The summed E-state index contributed by atoms with van der Waals surface area (Å²) in [6, 6.07) is 15.0. The van der Waals surface area contributed by atoms with Crippen molar-refractivity contribution in [3.8, 4) is 11.5 Å². The zero-order chi connectivity index (χ0) is 24.7. The van der Waals surface area contributed by atoms with Crippen LogP contribution in [-0.4, -0.2) is 68.5 Å². The summed E-state index contributed by atoms with van der Waals surface area (Å²) in [5.74, 6) is 0.936. The van der Waals surface area contributed by atoms with Gasteiger partial charge in [-0.3, -0.25) is 9.59 Å². The van der Waals surface area contributed by atoms with E-state index in [9.17, 15) is 9.59 Å². The van der Waals surface area contributed by atoms with Crippen LogP contribution in [0.1, 0.15) is 37.4 Å². The Morgan fingerprint density at radius 2 is 1.59 bits per heavy atom. The maximum absolute atomic E-state index is 13.5. The van der Waals surface area contributed by atoms with Crippen molar-refractivity contribution >= 4 is 17.5 Å². The van der Waals surface area contributed by atoms with Gasteiger partial charge < -0.3 is 19.1 Å². The SMILES string of the molecule is COCCN(CC(=O)N1N=C(c2ccc(OC)cc2)C[C@@H]1c1ccc(OC)cc1)C(=O)C(C)C. The number of amides is 2. The smallest absolute Gasteiger partial charge is 0.262 e. The molecule has 182 valence electrons. The Morgan fingerprint density at radius 1 is 1.00 bits per heavy atom. The van der Waals surface area contributed by atoms with E-state index in [1.807, 2.05) is 62.4 Å². The fourth-order valence-corrected chi connectivity index (χ4v) is 3.85. The summed E-state index contributed by atoms with van der Waals surface area (Å²) in [4.78, 5) is 27.7. The van der Waals surface area contributed by atoms with Crippen LogP contribution < -0.4 is 9.47 Å². The van der Waals surface area contributed by atoms with Gasteiger partial charge in [0.25, 0.3) is 5.91 Å². The molecule has 1 heterocycles. The second kappa shape index (κ2) is 11.7. The average Bonchev–Trinajstić information content (AvgIpc) is 3.31. The summed E-state index contributed by atoms with van der Waals surface area (Å²) in [5, 5.41) is 6.22. The van der Waals surface area contributed by atoms with E-state index in [-0.39, 0.29) is 30.3 Å². The number of carbonyl (C=O) groups excluding carboxylic acids is 2. The number of hydrogen-bond donors (Lipinski definition) is 0. The van der Waals surface area contributed by atoms with Gasteiger partial charge >= 0.3 is 0 Å². The molecule has 0 fully saturated rings. The van der Waals surface area contributed by atoms with Gasteiger partial charge in [-0.25, -0.2) is 5.01 Å². The molecule has 0 saturated carbocycles. The van der Waals surface area contributed by atoms with Gasteiger partial charge in [-0.05, 0) is 47.5 Å². The Hall–Kier alpha value is -3.39. The minimum Gasteiger partial charge on any atom is -0.497 e. The summed E-state index contributed by atoms with van der Waals surface area (Å²) >= 11 is 0. The quantitative estimate of drug-likeness (QED) is 0.534. The van der Waals surface area contributed by atoms with E-state index in [0.29, 0.717) is 19.6 Å². The summed E-state index contributed by atoms with van der Waals surface area (Å²) in [6.45, 7) is 4.28. The highest BCUT2D eigenvalue weighted by Crippen LogP contribution is 2.34. The van der Waals surface area contributed by atoms with Gasteiger partial charge in [-0.2, -0.15) is 5.10 Å². The molecular weight excluding hydrogens is 434 g/mol. The lowest BCUT2D eigenvalue weighted by Crippen LogP contribution is -2.44. The lowest BCUT2D eigenvalue weighted by molar-refractivity contribution is -0.143. The second-order valence-electron chi connectivity index (χ2n) is 8.41. The Balaban J connectivity index is 1.90. The van der Waals surface area contributed by atoms with Crippen molar-refractivity contribution in [2.45, 2.75) is 26.3 Å². The molecule has 2 aromatic carbocycles. The Bertz CT molecular complexity index is 1000. The first kappa shape index (κ1) is 25.2. The molecule has 0 bridgehead atoms. The third kappa shape index (κ3) is 5.94. The van der Waals surface area contributed by atoms with Crippen LogP contribution in [0.5, 0.6) is 11.5 Å². The van der Waals surface area contributed by atoms with Crippen molar-refractivity contribution in [3.63, 3.8) is 0 Å². The zero-order valence-electron chi connectivity index (χ0n) is 20.5. The van der Waals surface area contributed by atoms with E-state index in [1.165, 1.54) is 5.01 Å². The number of hydrazone groups is 1. The van der Waals surface area contributed by atoms with Crippen molar-refractivity contribution in [3.05, 3.63) is 59.7 Å². The van der Waals surface area contributed by atoms with Gasteiger partial charge in [0.1, 0.15) is 18.0 Å². The van der Waals surface area contributed by atoms with Gasteiger partial charge in [0.2, 0.25) is 5.91 Å². The molecule has 3 rings (SSSR count). The van der Waals surface area contributed by atoms with Crippen LogP contribution in [-0.2, 0) is 14.3 Å². The van der Waals surface area contributed by atoms with E-state index >= 15 is 0 Å². The monoisotopic (exact) mass is 467 g/mol. The number of nitrogens with zero attached hydrogens (tertiary/aromatic N) is 3. The number of rotatable bonds is 10. The van der Waals surface area contributed by atoms with Crippen molar-refractivity contribution < 1.29 is 23.8 Å². The molecular formula is C26H33N3O5. The van der Waals surface area contributed by atoms with Crippen LogP contribution in [0.4, 0.5) is 0 Å². The maximum Gasteiger partial charge on any atom is 0.262 e. The maximum atomic E-state index is 13.5. The Morgan fingerprint density at radius 3 is 2.12 bits per heavy atom. The molecule has 8 nitrogen and oxygen atoms in total. The van der Waals surface area contributed by atoms with E-state index in [1.54, 1.807) is 26.2 Å². The van der Waals surface area contributed by atoms with Gasteiger partial charge in [0.05, 0.1) is 32.6 Å². The first-order valence-electron chi connectivity index (χ1n) is 11.3. The summed E-state index contributed by atoms with van der Waals surface area (Å²) in [7, 11) is 4.81. The molecule has 0 radical (unpaired) electrons. The van der Waals surface area contributed by atoms with Crippen LogP contribution in [0.25, 0.3) is 0 Å². The number of benzene rings is 2. The zero-order valence-corrected chi connectivity index (χ0v) is 20.5. The fourth-order valence-electron chi connectivity index (χ4n) is 3.85. The predicted molar refractivity (Wildman–Crippen MR) is 130 cm³/mol. The van der Waals surface area contributed by atoms with E-state index in [0.717, 1.165) is 28.3 Å². The number of carbonyl (C=O) groups is 2. The molecule has 8 heteroatoms. The highest BCUT2D eigenvalue weighted by molar-refractivity contribution is 6.03. The molecule has 0 unspecified atom stereocenters. The lowest BCUT2D eigenvalue weighted by Gasteiger charge is -2.28. The van der Waals surface area contributed by atoms with Crippen LogP contribution in [0, 0.1) is 5.92 Å². The van der Waals surface area contributed by atoms with Crippen LogP contribution in [0.15, 0.2) is 53.6 Å². The molecule has 1 aliphatic rings. The Labute approximate surface area is 201 Å². The average molecular weight is 468 g/mol. The van der Waals surface area contributed by atoms with Gasteiger partial charge in [0.15, 0.2) is 0 Å². The first-order valence-corrected chi connectivity index (χ1v) is 11.3. The van der Waals surface area contributed by atoms with E-state index in [4.69, 9.17) is 19.3 Å². The number of ether oxygens (including phenoxy) is 3. The third-order valence-electron chi connectivity index (χ3n) is 5.79. The highest BCUT2D eigenvalue weighted by atomic mass is 16.5. The summed E-state index contributed by atoms with van der Waals surface area (Å²) in [6.07, 6.45) is 0.556. The lowest BCUT2D eigenvalue weighted by atomic mass is 9.98. The molecule has 2 aromatic rings. The molecule has 0 aliphatic carbocycles. The standard InChI is InChI=1S/C26H33N3O5/c1-18(2)26(31)28(14-15-32-3)17-25(30)29-24(20-8-12-22(34-5)13-9-20)16-23(27-29)19-6-10-21(33-4)11-7-19/h6-13,18,24H,14-17H2,1-5H3/t24-/m1/s1. The second-order valence-corrected chi connectivity index (χ2v) is 8.41. The van der Waals surface area contributed by atoms with E-state index in [2.05, 4.69) is 0 Å². The normalized spacial score (nSPS) is 15.3. The van der Waals surface area contributed by atoms with Crippen molar-refractivity contribution in [2.75, 3.05) is 41.0 Å². The minimum atomic E-state index is -0.283. The van der Waals surface area contributed by atoms with Crippen LogP contribution in [0.3, 0.4) is 0 Å². The third-order valence-corrected chi connectivity index (χ3v) is 5.79. The summed E-state index contributed by atoms with van der Waals surface area (Å²) < 4.78 is 15.7. The molecule has 0 spiro atoms. The van der Waals surface area contributed by atoms with Crippen LogP contribution >= 0.6 is 0 Å². The molecule has 2 amide bonds. The molecule has 0 aromatic heterocycles. The Kier molecular flexibility index (Phi) is 8.65. The van der Waals surface area contributed by atoms with Crippen molar-refractivity contribution in [2.24, 2.45) is 11.0 Å². The fraction of sp³-hybridized carbons (Fsp3) is 0.423. The molecule has 0 saturated heterocycles. The van der Waals surface area contributed by atoms with Crippen LogP contribution in [0.2, 0.25) is 0 Å². The van der Waals surface area contributed by atoms with Gasteiger partial charge in [0, 0.05) is 26.0 Å². The molecule has 1 atom stereocenters. The number of methoxy groups -OCH3 is 3. The highest BCUT2D eigenvalue weighted by Gasteiger charge is 2.34. The summed E-state index contributed by atoms with van der Waals surface area (Å²) in [5.41, 5.74) is 2.67. The van der Waals surface area contributed by atoms with Crippen molar-refractivity contribution in [1.29, 1.82) is 0 Å². The topological polar surface area (TPSA) is 80.7 Å².